The van der Waals surface area contributed by atoms with Crippen LogP contribution in [0.2, 0.25) is 0 Å². The molecule has 10 aromatic rings. The first-order valence-corrected chi connectivity index (χ1v) is 19.6. The Balaban J connectivity index is 1.03. The van der Waals surface area contributed by atoms with Gasteiger partial charge in [0, 0.05) is 33.1 Å². The lowest BCUT2D eigenvalue weighted by atomic mass is 9.92. The lowest BCUT2D eigenvalue weighted by Gasteiger charge is -2.14. The SMILES string of the molecule is C=Cc1c(/C=C\C)n(-c2ccc(-c3cc(-c4ccccc4)cc(-c4cccc(-c5ccc(-n6c7ccccc7c7ccccc76)cc5)c4)c3)cc2)c2ccccc12. The molecule has 0 spiro atoms. The molecule has 0 aliphatic heterocycles. The van der Waals surface area contributed by atoms with Gasteiger partial charge in [0.15, 0.2) is 0 Å². The van der Waals surface area contributed by atoms with Gasteiger partial charge in [-0.25, -0.2) is 0 Å². The third-order valence-corrected chi connectivity index (χ3v) is 11.2. The van der Waals surface area contributed by atoms with Gasteiger partial charge in [0.2, 0.25) is 0 Å². The van der Waals surface area contributed by atoms with E-state index in [4.69, 9.17) is 0 Å². The van der Waals surface area contributed by atoms with E-state index in [0.29, 0.717) is 0 Å². The summed E-state index contributed by atoms with van der Waals surface area (Å²) in [5.41, 5.74) is 17.6. The van der Waals surface area contributed by atoms with E-state index < -0.39 is 0 Å². The first kappa shape index (κ1) is 34.1. The Kier molecular flexibility index (Phi) is 8.58. The molecular weight excluding hydrogens is 689 g/mol. The van der Waals surface area contributed by atoms with E-state index in [9.17, 15) is 0 Å². The lowest BCUT2D eigenvalue weighted by Crippen LogP contribution is -1.97. The fourth-order valence-electron chi connectivity index (χ4n) is 8.54. The van der Waals surface area contributed by atoms with Crippen LogP contribution in [-0.4, -0.2) is 9.13 Å². The summed E-state index contributed by atoms with van der Waals surface area (Å²) in [6.45, 7) is 6.22. The highest BCUT2D eigenvalue weighted by Crippen LogP contribution is 2.37. The molecule has 0 amide bonds. The van der Waals surface area contributed by atoms with Crippen molar-refractivity contribution in [2.24, 2.45) is 0 Å². The predicted molar refractivity (Wildman–Crippen MR) is 244 cm³/mol. The zero-order valence-corrected chi connectivity index (χ0v) is 31.8. The number of para-hydroxylation sites is 3. The molecule has 0 bridgehead atoms. The van der Waals surface area contributed by atoms with Crippen LogP contribution < -0.4 is 0 Å². The summed E-state index contributed by atoms with van der Waals surface area (Å²) in [6.07, 6.45) is 6.24. The topological polar surface area (TPSA) is 9.86 Å². The van der Waals surface area contributed by atoms with Gasteiger partial charge in [-0.3, -0.25) is 0 Å². The number of hydrogen-bond acceptors (Lipinski definition) is 0. The number of nitrogens with zero attached hydrogens (tertiary/aromatic N) is 2. The minimum Gasteiger partial charge on any atom is -0.309 e. The Morgan fingerprint density at radius 1 is 0.368 bits per heavy atom. The monoisotopic (exact) mass is 728 g/mol. The highest BCUT2D eigenvalue weighted by molar-refractivity contribution is 6.09. The zero-order chi connectivity index (χ0) is 38.3. The molecule has 0 unspecified atom stereocenters. The maximum Gasteiger partial charge on any atom is 0.0541 e. The summed E-state index contributed by atoms with van der Waals surface area (Å²) in [5.74, 6) is 0. The summed E-state index contributed by atoms with van der Waals surface area (Å²) in [7, 11) is 0. The maximum atomic E-state index is 4.16. The van der Waals surface area contributed by atoms with Crippen LogP contribution in [0.4, 0.5) is 0 Å². The fraction of sp³-hybridized carbons (Fsp3) is 0.0182. The molecule has 2 heterocycles. The second kappa shape index (κ2) is 14.3. The van der Waals surface area contributed by atoms with Crippen LogP contribution in [0.1, 0.15) is 18.2 Å². The first-order valence-electron chi connectivity index (χ1n) is 19.6. The quantitative estimate of drug-likeness (QED) is 0.147. The Morgan fingerprint density at radius 3 is 1.33 bits per heavy atom. The van der Waals surface area contributed by atoms with Gasteiger partial charge in [-0.15, -0.1) is 0 Å². The molecule has 0 aliphatic rings. The normalized spacial score (nSPS) is 11.6. The third-order valence-electron chi connectivity index (χ3n) is 11.2. The lowest BCUT2D eigenvalue weighted by molar-refractivity contribution is 1.10. The Labute approximate surface area is 333 Å². The van der Waals surface area contributed by atoms with Gasteiger partial charge >= 0.3 is 0 Å². The fourth-order valence-corrected chi connectivity index (χ4v) is 8.54. The molecule has 0 fully saturated rings. The minimum absolute atomic E-state index is 1.12. The van der Waals surface area contributed by atoms with Crippen LogP contribution in [0.25, 0.3) is 101 Å². The molecule has 270 valence electrons. The number of aromatic nitrogens is 2. The molecule has 0 saturated carbocycles. The van der Waals surface area contributed by atoms with Crippen molar-refractivity contribution < 1.29 is 0 Å². The molecule has 10 rings (SSSR count). The van der Waals surface area contributed by atoms with E-state index in [1.165, 1.54) is 77.2 Å². The van der Waals surface area contributed by atoms with E-state index in [2.05, 4.69) is 229 Å². The zero-order valence-electron chi connectivity index (χ0n) is 31.8. The Bertz CT molecular complexity index is 3070. The van der Waals surface area contributed by atoms with Crippen LogP contribution >= 0.6 is 0 Å². The van der Waals surface area contributed by atoms with Crippen LogP contribution in [0.15, 0.2) is 207 Å². The number of allylic oxidation sites excluding steroid dienone is 1. The van der Waals surface area contributed by atoms with Gasteiger partial charge < -0.3 is 9.13 Å². The van der Waals surface area contributed by atoms with E-state index in [-0.39, 0.29) is 0 Å². The average Bonchev–Trinajstić information content (AvgIpc) is 3.79. The van der Waals surface area contributed by atoms with Crippen molar-refractivity contribution in [3.63, 3.8) is 0 Å². The largest absolute Gasteiger partial charge is 0.309 e. The van der Waals surface area contributed by atoms with Crippen molar-refractivity contribution in [2.75, 3.05) is 0 Å². The molecule has 2 heteroatoms. The van der Waals surface area contributed by atoms with E-state index in [1.807, 2.05) is 6.08 Å². The molecule has 0 radical (unpaired) electrons. The van der Waals surface area contributed by atoms with Crippen LogP contribution in [0, 0.1) is 0 Å². The Morgan fingerprint density at radius 2 is 0.772 bits per heavy atom. The summed E-state index contributed by atoms with van der Waals surface area (Å²) < 4.78 is 4.71. The summed E-state index contributed by atoms with van der Waals surface area (Å²) in [4.78, 5) is 0. The summed E-state index contributed by atoms with van der Waals surface area (Å²) in [6, 6.07) is 70.5. The molecule has 2 aromatic heterocycles. The van der Waals surface area contributed by atoms with Crippen molar-refractivity contribution in [3.05, 3.63) is 218 Å². The molecule has 57 heavy (non-hydrogen) atoms. The van der Waals surface area contributed by atoms with E-state index in [0.717, 1.165) is 22.6 Å². The molecule has 8 aromatic carbocycles. The predicted octanol–water partition coefficient (Wildman–Crippen LogP) is 15.1. The van der Waals surface area contributed by atoms with Crippen LogP contribution in [0.3, 0.4) is 0 Å². The molecule has 0 N–H and O–H groups in total. The highest BCUT2D eigenvalue weighted by Gasteiger charge is 2.16. The average molecular weight is 729 g/mol. The second-order valence-corrected chi connectivity index (χ2v) is 14.6. The maximum absolute atomic E-state index is 4.16. The molecule has 0 atom stereocenters. The van der Waals surface area contributed by atoms with Gasteiger partial charge in [0.25, 0.3) is 0 Å². The summed E-state index contributed by atoms with van der Waals surface area (Å²) in [5, 5.41) is 3.74. The minimum atomic E-state index is 1.12. The molecule has 0 saturated heterocycles. The van der Waals surface area contributed by atoms with Crippen molar-refractivity contribution in [1.29, 1.82) is 0 Å². The van der Waals surface area contributed by atoms with Crippen LogP contribution in [-0.2, 0) is 0 Å². The van der Waals surface area contributed by atoms with Gasteiger partial charge in [-0.2, -0.15) is 0 Å². The van der Waals surface area contributed by atoms with E-state index in [1.54, 1.807) is 0 Å². The number of fused-ring (bicyclic) bond motifs is 4. The summed E-state index contributed by atoms with van der Waals surface area (Å²) >= 11 is 0. The van der Waals surface area contributed by atoms with Crippen molar-refractivity contribution >= 4 is 44.9 Å². The van der Waals surface area contributed by atoms with Crippen molar-refractivity contribution in [1.82, 2.24) is 9.13 Å². The Hall–Kier alpha value is -7.42. The molecule has 2 nitrogen and oxygen atoms in total. The molecular formula is C55H40N2. The number of benzene rings is 8. The molecule has 0 aliphatic carbocycles. The second-order valence-electron chi connectivity index (χ2n) is 14.6. The van der Waals surface area contributed by atoms with Gasteiger partial charge in [-0.1, -0.05) is 146 Å². The van der Waals surface area contributed by atoms with Crippen molar-refractivity contribution in [2.45, 2.75) is 6.92 Å². The third kappa shape index (κ3) is 6.00. The van der Waals surface area contributed by atoms with Crippen LogP contribution in [0.5, 0.6) is 0 Å². The van der Waals surface area contributed by atoms with Crippen molar-refractivity contribution in [3.8, 4) is 55.9 Å². The number of rotatable bonds is 8. The van der Waals surface area contributed by atoms with Gasteiger partial charge in [0.05, 0.1) is 22.2 Å². The highest BCUT2D eigenvalue weighted by atomic mass is 15.0. The van der Waals surface area contributed by atoms with E-state index >= 15 is 0 Å². The standard InChI is InChI=1S/C55H40N2/c1-3-15-52-48(4-2)49-20-8-11-23-53(49)56(52)46-32-28-40(29-33-46)44-35-43(38-16-6-5-7-17-38)36-45(37-44)42-19-14-18-41(34-42)39-26-30-47(31-27-39)57-54-24-12-9-21-50(54)51-22-10-13-25-55(51)57/h3-37H,2H2,1H3/b15-3-. The first-order chi connectivity index (χ1) is 28.2. The van der Waals surface area contributed by atoms with Gasteiger partial charge in [-0.05, 0) is 124 Å². The number of hydrogen-bond donors (Lipinski definition) is 0. The van der Waals surface area contributed by atoms with Gasteiger partial charge in [0.1, 0.15) is 0 Å². The smallest absolute Gasteiger partial charge is 0.0541 e.